The number of benzene rings is 1. The molecule has 0 saturated carbocycles. The predicted octanol–water partition coefficient (Wildman–Crippen LogP) is 3.01. The van der Waals surface area contributed by atoms with Gasteiger partial charge in [0, 0.05) is 25.2 Å². The Bertz CT molecular complexity index is 717. The van der Waals surface area contributed by atoms with Crippen molar-refractivity contribution >= 4 is 22.8 Å². The van der Waals surface area contributed by atoms with Crippen molar-refractivity contribution in [3.63, 3.8) is 0 Å². The summed E-state index contributed by atoms with van der Waals surface area (Å²) in [6.07, 6.45) is 0.972. The summed E-state index contributed by atoms with van der Waals surface area (Å²) in [5, 5.41) is 12.4. The van der Waals surface area contributed by atoms with Gasteiger partial charge in [-0.2, -0.15) is 0 Å². The zero-order chi connectivity index (χ0) is 16.6. The Morgan fingerprint density at radius 1 is 1.48 bits per heavy atom. The van der Waals surface area contributed by atoms with E-state index >= 15 is 0 Å². The number of fused-ring (bicyclic) bond motifs is 1. The lowest BCUT2D eigenvalue weighted by Crippen LogP contribution is -2.33. The summed E-state index contributed by atoms with van der Waals surface area (Å²) in [5.41, 5.74) is 2.25. The third kappa shape index (κ3) is 3.82. The molecule has 1 atom stereocenters. The third-order valence-electron chi connectivity index (χ3n) is 3.82. The Balaban J connectivity index is 1.73. The first-order chi connectivity index (χ1) is 10.8. The topological polar surface area (TPSA) is 78.6 Å². The van der Waals surface area contributed by atoms with Gasteiger partial charge in [-0.15, -0.1) is 0 Å². The Morgan fingerprint density at radius 2 is 2.26 bits per heavy atom. The second kappa shape index (κ2) is 5.85. The molecule has 6 heteroatoms. The lowest BCUT2D eigenvalue weighted by atomic mass is 9.92. The van der Waals surface area contributed by atoms with Gasteiger partial charge in [-0.05, 0) is 30.0 Å². The summed E-state index contributed by atoms with van der Waals surface area (Å²) in [5.74, 6) is 0.707. The third-order valence-corrected chi connectivity index (χ3v) is 3.82. The molecule has 0 aliphatic carbocycles. The highest BCUT2D eigenvalue weighted by atomic mass is 16.3. The molecule has 1 saturated heterocycles. The Hall–Kier alpha value is -2.08. The van der Waals surface area contributed by atoms with E-state index in [1.807, 2.05) is 12.1 Å². The largest absolute Gasteiger partial charge is 0.441 e. The number of nitrogens with one attached hydrogen (secondary N) is 1. The first kappa shape index (κ1) is 15.8. The van der Waals surface area contributed by atoms with E-state index in [9.17, 15) is 9.90 Å². The smallest absolute Gasteiger partial charge is 0.321 e. The van der Waals surface area contributed by atoms with Gasteiger partial charge in [-0.1, -0.05) is 20.8 Å². The van der Waals surface area contributed by atoms with E-state index in [1.54, 1.807) is 11.0 Å². The maximum Gasteiger partial charge on any atom is 0.321 e. The second-order valence-electron chi connectivity index (χ2n) is 7.35. The zero-order valence-corrected chi connectivity index (χ0v) is 13.8. The van der Waals surface area contributed by atoms with Gasteiger partial charge in [0.25, 0.3) is 0 Å². The van der Waals surface area contributed by atoms with Crippen LogP contribution in [0.25, 0.3) is 11.1 Å². The SMILES string of the molecule is CC(C)(C)Cc1nc2cc(NC(=O)N3CC[C@H](O)C3)ccc2o1. The van der Waals surface area contributed by atoms with E-state index in [4.69, 9.17) is 4.42 Å². The molecule has 124 valence electrons. The summed E-state index contributed by atoms with van der Waals surface area (Å²) in [7, 11) is 0. The van der Waals surface area contributed by atoms with E-state index in [0.717, 1.165) is 17.5 Å². The summed E-state index contributed by atoms with van der Waals surface area (Å²) < 4.78 is 5.75. The normalized spacial score (nSPS) is 18.6. The van der Waals surface area contributed by atoms with Crippen LogP contribution < -0.4 is 5.32 Å². The number of hydrogen-bond acceptors (Lipinski definition) is 4. The predicted molar refractivity (Wildman–Crippen MR) is 88.4 cm³/mol. The maximum atomic E-state index is 12.1. The second-order valence-corrected chi connectivity index (χ2v) is 7.35. The van der Waals surface area contributed by atoms with Crippen molar-refractivity contribution in [2.24, 2.45) is 5.41 Å². The van der Waals surface area contributed by atoms with E-state index in [0.29, 0.717) is 31.1 Å². The van der Waals surface area contributed by atoms with Gasteiger partial charge in [0.15, 0.2) is 11.5 Å². The number of β-amino-alcohol motifs (C(OH)–C–C–N with tert-alkyl or cyclic N) is 1. The van der Waals surface area contributed by atoms with Crippen molar-refractivity contribution < 1.29 is 14.3 Å². The fraction of sp³-hybridized carbons (Fsp3) is 0.529. The quantitative estimate of drug-likeness (QED) is 0.892. The number of carbonyl (C=O) groups excluding carboxylic acids is 1. The molecule has 2 heterocycles. The molecule has 6 nitrogen and oxygen atoms in total. The van der Waals surface area contributed by atoms with E-state index < -0.39 is 6.10 Å². The maximum absolute atomic E-state index is 12.1. The van der Waals surface area contributed by atoms with Crippen molar-refractivity contribution in [1.82, 2.24) is 9.88 Å². The van der Waals surface area contributed by atoms with Crippen molar-refractivity contribution in [3.8, 4) is 0 Å². The Morgan fingerprint density at radius 3 is 2.91 bits per heavy atom. The molecule has 1 fully saturated rings. The molecule has 2 amide bonds. The number of amides is 2. The lowest BCUT2D eigenvalue weighted by molar-refractivity contribution is 0.176. The first-order valence-corrected chi connectivity index (χ1v) is 7.94. The minimum absolute atomic E-state index is 0.106. The molecule has 1 aromatic heterocycles. The number of likely N-dealkylation sites (tertiary alicyclic amines) is 1. The van der Waals surface area contributed by atoms with Gasteiger partial charge in [0.2, 0.25) is 0 Å². The molecular formula is C17H23N3O3. The van der Waals surface area contributed by atoms with Crippen LogP contribution in [0.15, 0.2) is 22.6 Å². The van der Waals surface area contributed by atoms with Crippen LogP contribution in [-0.4, -0.2) is 40.2 Å². The number of aliphatic hydroxyl groups excluding tert-OH is 1. The van der Waals surface area contributed by atoms with Crippen molar-refractivity contribution in [2.45, 2.75) is 39.7 Å². The monoisotopic (exact) mass is 317 g/mol. The molecule has 0 bridgehead atoms. The van der Waals surface area contributed by atoms with Gasteiger partial charge in [-0.3, -0.25) is 0 Å². The van der Waals surface area contributed by atoms with Gasteiger partial charge >= 0.3 is 6.03 Å². The molecule has 1 aliphatic rings. The van der Waals surface area contributed by atoms with Crippen LogP contribution in [-0.2, 0) is 6.42 Å². The van der Waals surface area contributed by atoms with Gasteiger partial charge in [-0.25, -0.2) is 9.78 Å². The first-order valence-electron chi connectivity index (χ1n) is 7.94. The Kier molecular flexibility index (Phi) is 4.02. The number of carbonyl (C=O) groups is 1. The van der Waals surface area contributed by atoms with Gasteiger partial charge in [0.1, 0.15) is 5.52 Å². The zero-order valence-electron chi connectivity index (χ0n) is 13.8. The molecule has 2 aromatic rings. The van der Waals surface area contributed by atoms with E-state index in [2.05, 4.69) is 31.1 Å². The van der Waals surface area contributed by atoms with Gasteiger partial charge < -0.3 is 19.7 Å². The molecule has 2 N–H and O–H groups in total. The summed E-state index contributed by atoms with van der Waals surface area (Å²) in [6, 6.07) is 5.25. The fourth-order valence-electron chi connectivity index (χ4n) is 2.71. The number of oxazole rings is 1. The number of aliphatic hydroxyl groups is 1. The van der Waals surface area contributed by atoms with Crippen molar-refractivity contribution in [3.05, 3.63) is 24.1 Å². The van der Waals surface area contributed by atoms with Crippen molar-refractivity contribution in [2.75, 3.05) is 18.4 Å². The van der Waals surface area contributed by atoms with Crippen LogP contribution in [0.3, 0.4) is 0 Å². The van der Waals surface area contributed by atoms with Crippen LogP contribution in [0.5, 0.6) is 0 Å². The number of rotatable bonds is 2. The fourth-order valence-corrected chi connectivity index (χ4v) is 2.71. The summed E-state index contributed by atoms with van der Waals surface area (Å²) >= 11 is 0. The van der Waals surface area contributed by atoms with Crippen LogP contribution in [0, 0.1) is 5.41 Å². The number of nitrogens with zero attached hydrogens (tertiary/aromatic N) is 2. The molecule has 23 heavy (non-hydrogen) atoms. The number of aromatic nitrogens is 1. The molecular weight excluding hydrogens is 294 g/mol. The minimum atomic E-state index is -0.418. The molecule has 0 unspecified atom stereocenters. The molecule has 0 radical (unpaired) electrons. The molecule has 0 spiro atoms. The number of anilines is 1. The highest BCUT2D eigenvalue weighted by Crippen LogP contribution is 2.25. The summed E-state index contributed by atoms with van der Waals surface area (Å²) in [6.45, 7) is 7.37. The highest BCUT2D eigenvalue weighted by molar-refractivity contribution is 5.91. The molecule has 3 rings (SSSR count). The minimum Gasteiger partial charge on any atom is -0.441 e. The number of hydrogen-bond donors (Lipinski definition) is 2. The van der Waals surface area contributed by atoms with Crippen LogP contribution in [0.4, 0.5) is 10.5 Å². The van der Waals surface area contributed by atoms with Crippen LogP contribution >= 0.6 is 0 Å². The highest BCUT2D eigenvalue weighted by Gasteiger charge is 2.24. The van der Waals surface area contributed by atoms with Gasteiger partial charge in [0.05, 0.1) is 6.10 Å². The lowest BCUT2D eigenvalue weighted by Gasteiger charge is -2.16. The standard InChI is InChI=1S/C17H23N3O3/c1-17(2,3)9-15-19-13-8-11(4-5-14(13)23-15)18-16(22)20-7-6-12(21)10-20/h4-5,8,12,21H,6-7,9-10H2,1-3H3,(H,18,22)/t12-/m0/s1. The average molecular weight is 317 g/mol. The molecule has 1 aromatic carbocycles. The van der Waals surface area contributed by atoms with Crippen molar-refractivity contribution in [1.29, 1.82) is 0 Å². The Labute approximate surface area is 135 Å². The molecule has 1 aliphatic heterocycles. The van der Waals surface area contributed by atoms with E-state index in [-0.39, 0.29) is 11.4 Å². The number of urea groups is 1. The summed E-state index contributed by atoms with van der Waals surface area (Å²) in [4.78, 5) is 18.3. The average Bonchev–Trinajstić information content (AvgIpc) is 3.02. The van der Waals surface area contributed by atoms with E-state index in [1.165, 1.54) is 0 Å². The van der Waals surface area contributed by atoms with Crippen LogP contribution in [0.1, 0.15) is 33.1 Å². The van der Waals surface area contributed by atoms with Crippen LogP contribution in [0.2, 0.25) is 0 Å².